The zero-order valence-electron chi connectivity index (χ0n) is 7.41. The van der Waals surface area contributed by atoms with Crippen LogP contribution < -0.4 is 5.32 Å². The molecule has 0 unspecified atom stereocenters. The molecule has 0 aliphatic heterocycles. The molecule has 0 aliphatic carbocycles. The van der Waals surface area contributed by atoms with E-state index in [-0.39, 0.29) is 6.61 Å². The second kappa shape index (κ2) is 6.00. The number of aliphatic hydroxyl groups excluding tert-OH is 1. The van der Waals surface area contributed by atoms with Crippen LogP contribution in [-0.4, -0.2) is 18.3 Å². The first kappa shape index (κ1) is 10.5. The minimum absolute atomic E-state index is 0.258. The third-order valence-corrected chi connectivity index (χ3v) is 2.16. The summed E-state index contributed by atoms with van der Waals surface area (Å²) in [5.41, 5.74) is 0.993. The summed E-state index contributed by atoms with van der Waals surface area (Å²) < 4.78 is 1.05. The van der Waals surface area contributed by atoms with E-state index in [2.05, 4.69) is 21.2 Å². The van der Waals surface area contributed by atoms with Gasteiger partial charge in [0.05, 0.1) is 5.69 Å². The number of rotatable bonds is 5. The fourth-order valence-corrected chi connectivity index (χ4v) is 1.39. The molecule has 0 bridgehead atoms. The highest BCUT2D eigenvalue weighted by molar-refractivity contribution is 9.10. The molecule has 1 aromatic carbocycles. The monoisotopic (exact) mass is 242 g/mol. The maximum atomic E-state index is 8.56. The van der Waals surface area contributed by atoms with Crippen LogP contribution in [0.15, 0.2) is 28.7 Å². The van der Waals surface area contributed by atoms with Gasteiger partial charge in [0.1, 0.15) is 0 Å². The first-order valence-electron chi connectivity index (χ1n) is 4.37. The SMILES string of the molecule is OCCCC[N]c1cccc(Br)c1. The molecule has 0 spiro atoms. The van der Waals surface area contributed by atoms with Crippen LogP contribution in [0.4, 0.5) is 5.69 Å². The van der Waals surface area contributed by atoms with E-state index in [0.29, 0.717) is 0 Å². The molecular weight excluding hydrogens is 230 g/mol. The van der Waals surface area contributed by atoms with E-state index in [0.717, 1.165) is 29.5 Å². The van der Waals surface area contributed by atoms with Gasteiger partial charge in [0.15, 0.2) is 0 Å². The standard InChI is InChI=1S/C10H13BrNO/c11-9-4-3-5-10(8-9)12-6-1-2-7-13/h3-5,8,13H,1-2,6-7H2. The molecule has 0 aromatic heterocycles. The molecule has 0 atom stereocenters. The highest BCUT2D eigenvalue weighted by atomic mass is 79.9. The summed E-state index contributed by atoms with van der Waals surface area (Å²) >= 11 is 3.38. The van der Waals surface area contributed by atoms with Crippen molar-refractivity contribution >= 4 is 21.6 Å². The van der Waals surface area contributed by atoms with Gasteiger partial charge in [-0.3, -0.25) is 5.32 Å². The molecule has 1 N–H and O–H groups in total. The fraction of sp³-hybridized carbons (Fsp3) is 0.400. The lowest BCUT2D eigenvalue weighted by Crippen LogP contribution is -2.00. The molecule has 1 radical (unpaired) electrons. The Hall–Kier alpha value is -0.540. The van der Waals surface area contributed by atoms with Crippen molar-refractivity contribution in [3.63, 3.8) is 0 Å². The smallest absolute Gasteiger partial charge is 0.0585 e. The minimum Gasteiger partial charge on any atom is -0.396 e. The Morgan fingerprint density at radius 3 is 2.85 bits per heavy atom. The van der Waals surface area contributed by atoms with Gasteiger partial charge in [0.2, 0.25) is 0 Å². The number of aliphatic hydroxyl groups is 1. The molecule has 0 heterocycles. The van der Waals surface area contributed by atoms with E-state index in [1.54, 1.807) is 0 Å². The van der Waals surface area contributed by atoms with E-state index in [1.807, 2.05) is 24.3 Å². The van der Waals surface area contributed by atoms with Gasteiger partial charge >= 0.3 is 0 Å². The fourth-order valence-electron chi connectivity index (χ4n) is 1.01. The highest BCUT2D eigenvalue weighted by Gasteiger charge is 1.93. The third kappa shape index (κ3) is 4.29. The molecule has 1 aromatic rings. The van der Waals surface area contributed by atoms with E-state index >= 15 is 0 Å². The predicted octanol–water partition coefficient (Wildman–Crippen LogP) is 2.46. The Kier molecular flexibility index (Phi) is 4.86. The lowest BCUT2D eigenvalue weighted by atomic mass is 10.3. The largest absolute Gasteiger partial charge is 0.396 e. The number of hydrogen-bond donors (Lipinski definition) is 1. The number of benzene rings is 1. The van der Waals surface area contributed by atoms with Gasteiger partial charge in [-0.05, 0) is 31.0 Å². The van der Waals surface area contributed by atoms with Crippen LogP contribution in [0.3, 0.4) is 0 Å². The normalized spacial score (nSPS) is 10.0. The van der Waals surface area contributed by atoms with Crippen LogP contribution in [0.25, 0.3) is 0 Å². The maximum absolute atomic E-state index is 8.56. The number of nitrogens with zero attached hydrogens (tertiary/aromatic N) is 1. The molecule has 1 rings (SSSR count). The van der Waals surface area contributed by atoms with E-state index in [4.69, 9.17) is 5.11 Å². The van der Waals surface area contributed by atoms with Crippen molar-refractivity contribution in [2.75, 3.05) is 13.2 Å². The van der Waals surface area contributed by atoms with E-state index in [1.165, 1.54) is 0 Å². The van der Waals surface area contributed by atoms with Crippen LogP contribution in [0.2, 0.25) is 0 Å². The Morgan fingerprint density at radius 2 is 2.15 bits per heavy atom. The quantitative estimate of drug-likeness (QED) is 0.792. The average Bonchev–Trinajstić information content (AvgIpc) is 2.13. The van der Waals surface area contributed by atoms with Crippen LogP contribution in [0, 0.1) is 0 Å². The molecule has 0 saturated carbocycles. The average molecular weight is 243 g/mol. The summed E-state index contributed by atoms with van der Waals surface area (Å²) in [7, 11) is 0. The third-order valence-electron chi connectivity index (χ3n) is 1.67. The number of halogens is 1. The minimum atomic E-state index is 0.258. The van der Waals surface area contributed by atoms with Gasteiger partial charge in [0, 0.05) is 17.6 Å². The zero-order chi connectivity index (χ0) is 9.52. The lowest BCUT2D eigenvalue weighted by molar-refractivity contribution is 0.284. The van der Waals surface area contributed by atoms with E-state index < -0.39 is 0 Å². The summed E-state index contributed by atoms with van der Waals surface area (Å²) in [6.07, 6.45) is 1.78. The van der Waals surface area contributed by atoms with Gasteiger partial charge in [-0.1, -0.05) is 22.0 Å². The Labute approximate surface area is 87.1 Å². The predicted molar refractivity (Wildman–Crippen MR) is 57.1 cm³/mol. The van der Waals surface area contributed by atoms with Crippen molar-refractivity contribution < 1.29 is 5.11 Å². The second-order valence-corrected chi connectivity index (χ2v) is 3.71. The lowest BCUT2D eigenvalue weighted by Gasteiger charge is -2.02. The summed E-state index contributed by atoms with van der Waals surface area (Å²) in [4.78, 5) is 0. The summed E-state index contributed by atoms with van der Waals surface area (Å²) in [5.74, 6) is 0. The van der Waals surface area contributed by atoms with Gasteiger partial charge < -0.3 is 5.11 Å². The van der Waals surface area contributed by atoms with Gasteiger partial charge in [-0.25, -0.2) is 0 Å². The van der Waals surface area contributed by atoms with Crippen LogP contribution in [0.1, 0.15) is 12.8 Å². The molecule has 0 aliphatic rings. The molecular formula is C10H13BrNO. The van der Waals surface area contributed by atoms with Gasteiger partial charge in [-0.2, -0.15) is 0 Å². The Balaban J connectivity index is 2.28. The number of hydrogen-bond acceptors (Lipinski definition) is 1. The maximum Gasteiger partial charge on any atom is 0.0585 e. The van der Waals surface area contributed by atoms with Crippen molar-refractivity contribution in [1.82, 2.24) is 5.32 Å². The second-order valence-electron chi connectivity index (χ2n) is 2.79. The number of unbranched alkanes of at least 4 members (excludes halogenated alkanes) is 1. The van der Waals surface area contributed by atoms with Gasteiger partial charge in [-0.15, -0.1) is 0 Å². The molecule has 0 fully saturated rings. The molecule has 0 amide bonds. The van der Waals surface area contributed by atoms with Crippen molar-refractivity contribution in [2.45, 2.75) is 12.8 Å². The molecule has 2 nitrogen and oxygen atoms in total. The topological polar surface area (TPSA) is 34.3 Å². The van der Waals surface area contributed by atoms with Gasteiger partial charge in [0.25, 0.3) is 0 Å². The Bertz CT molecular complexity index is 252. The van der Waals surface area contributed by atoms with E-state index in [9.17, 15) is 0 Å². The summed E-state index contributed by atoms with van der Waals surface area (Å²) in [6, 6.07) is 7.91. The van der Waals surface area contributed by atoms with Crippen LogP contribution >= 0.6 is 15.9 Å². The van der Waals surface area contributed by atoms with Crippen molar-refractivity contribution in [1.29, 1.82) is 0 Å². The summed E-state index contributed by atoms with van der Waals surface area (Å²) in [5, 5.41) is 12.9. The van der Waals surface area contributed by atoms with Crippen LogP contribution in [-0.2, 0) is 0 Å². The molecule has 3 heteroatoms. The molecule has 0 saturated heterocycles. The summed E-state index contributed by atoms with van der Waals surface area (Å²) in [6.45, 7) is 1.05. The van der Waals surface area contributed by atoms with Crippen LogP contribution in [0.5, 0.6) is 0 Å². The van der Waals surface area contributed by atoms with Crippen molar-refractivity contribution in [3.8, 4) is 0 Å². The van der Waals surface area contributed by atoms with Crippen molar-refractivity contribution in [3.05, 3.63) is 28.7 Å². The molecule has 71 valence electrons. The first-order valence-corrected chi connectivity index (χ1v) is 5.16. The van der Waals surface area contributed by atoms with Crippen molar-refractivity contribution in [2.24, 2.45) is 0 Å². The Morgan fingerprint density at radius 1 is 1.31 bits per heavy atom. The first-order chi connectivity index (χ1) is 6.33. The zero-order valence-corrected chi connectivity index (χ0v) is 9.00. The highest BCUT2D eigenvalue weighted by Crippen LogP contribution is 2.15. The molecule has 13 heavy (non-hydrogen) atoms.